The Bertz CT molecular complexity index is 1130. The van der Waals surface area contributed by atoms with Crippen LogP contribution < -0.4 is 38.1 Å². The van der Waals surface area contributed by atoms with E-state index in [-0.39, 0.29) is 12.8 Å². The maximum absolute atomic E-state index is 13.3. The molecular weight excluding hydrogens is 630 g/mol. The lowest BCUT2D eigenvalue weighted by Crippen LogP contribution is -2.59. The van der Waals surface area contributed by atoms with Gasteiger partial charge >= 0.3 is 23.9 Å². The lowest BCUT2D eigenvalue weighted by molar-refractivity contribution is -0.140. The highest BCUT2D eigenvalue weighted by Gasteiger charge is 2.32. The van der Waals surface area contributed by atoms with Crippen LogP contribution in [0.15, 0.2) is 0 Å². The summed E-state index contributed by atoms with van der Waals surface area (Å²) < 4.78 is 0. The Morgan fingerprint density at radius 1 is 0.489 bits per heavy atom. The number of carbonyl (C=O) groups is 9. The fraction of sp³-hybridized carbons (Fsp3) is 0.667. The van der Waals surface area contributed by atoms with Crippen LogP contribution in [0.3, 0.4) is 0 Å². The molecule has 0 aliphatic heterocycles. The minimum atomic E-state index is -1.67. The number of carboxylic acid groups (broad SMARTS) is 4. The summed E-state index contributed by atoms with van der Waals surface area (Å²) in [5, 5.41) is 48.1. The summed E-state index contributed by atoms with van der Waals surface area (Å²) in [6.45, 7) is 0.307. The fourth-order valence-corrected chi connectivity index (χ4v) is 4.15. The Hall–Kier alpha value is -4.85. The number of carbonyl (C=O) groups excluding carboxylic acids is 5. The zero-order chi connectivity index (χ0) is 36.1. The van der Waals surface area contributed by atoms with Gasteiger partial charge in [-0.05, 0) is 58.5 Å². The van der Waals surface area contributed by atoms with Crippen molar-refractivity contribution in [1.29, 1.82) is 0 Å². The molecule has 0 saturated heterocycles. The van der Waals surface area contributed by atoms with E-state index >= 15 is 0 Å². The van der Waals surface area contributed by atoms with E-state index in [1.807, 2.05) is 0 Å². The first-order chi connectivity index (χ1) is 22.0. The SMILES string of the molecule is CN[C@H](CCC(=O)O)C(=O)N[C@H](CCC(=O)O)C(=O)N[C@H](CCC(=O)O)C(=O)N[C@H](CCC(=O)O)C(=O)N[C@H](CCCCN)C(N)=O. The van der Waals surface area contributed by atoms with Gasteiger partial charge in [-0.3, -0.25) is 43.2 Å². The van der Waals surface area contributed by atoms with E-state index in [1.54, 1.807) is 0 Å². The van der Waals surface area contributed by atoms with Crippen LogP contribution in [0.4, 0.5) is 0 Å². The van der Waals surface area contributed by atoms with E-state index in [1.165, 1.54) is 7.05 Å². The molecule has 0 aliphatic rings. The first-order valence-electron chi connectivity index (χ1n) is 14.8. The Kier molecular flexibility index (Phi) is 20.3. The third-order valence-corrected chi connectivity index (χ3v) is 6.76. The van der Waals surface area contributed by atoms with Gasteiger partial charge in [0.15, 0.2) is 0 Å². The number of unbranched alkanes of at least 4 members (excludes halogenated alkanes) is 1. The molecule has 5 atom stereocenters. The van der Waals surface area contributed by atoms with Crippen molar-refractivity contribution in [3.63, 3.8) is 0 Å². The molecule has 0 rings (SSSR count). The molecular formula is C27H45N7O13. The quantitative estimate of drug-likeness (QED) is 0.0398. The Morgan fingerprint density at radius 3 is 1.06 bits per heavy atom. The zero-order valence-electron chi connectivity index (χ0n) is 26.0. The number of likely N-dealkylation sites (N-methyl/N-ethyl adjacent to an activating group) is 1. The van der Waals surface area contributed by atoms with Crippen LogP contribution >= 0.6 is 0 Å². The Balaban J connectivity index is 6.10. The van der Waals surface area contributed by atoms with Gasteiger partial charge in [0, 0.05) is 25.7 Å². The van der Waals surface area contributed by atoms with E-state index in [0.29, 0.717) is 19.4 Å². The average molecular weight is 676 g/mol. The first-order valence-corrected chi connectivity index (χ1v) is 14.8. The number of carboxylic acids is 4. The van der Waals surface area contributed by atoms with Crippen molar-refractivity contribution in [2.24, 2.45) is 11.5 Å². The molecule has 5 amide bonds. The van der Waals surface area contributed by atoms with E-state index in [0.717, 1.165) is 0 Å². The molecule has 20 nitrogen and oxygen atoms in total. The van der Waals surface area contributed by atoms with Gasteiger partial charge in [-0.1, -0.05) is 0 Å². The molecule has 0 heterocycles. The monoisotopic (exact) mass is 675 g/mol. The number of nitrogens with one attached hydrogen (secondary N) is 5. The molecule has 0 unspecified atom stereocenters. The number of hydrogen-bond acceptors (Lipinski definition) is 11. The molecule has 0 aliphatic carbocycles. The second kappa shape index (κ2) is 22.6. The summed E-state index contributed by atoms with van der Waals surface area (Å²) in [7, 11) is 1.35. The molecule has 0 saturated carbocycles. The van der Waals surface area contributed by atoms with Crippen molar-refractivity contribution in [3.8, 4) is 0 Å². The summed E-state index contributed by atoms with van der Waals surface area (Å²) >= 11 is 0. The maximum Gasteiger partial charge on any atom is 0.303 e. The topological polar surface area (TPSA) is 347 Å². The third-order valence-electron chi connectivity index (χ3n) is 6.76. The van der Waals surface area contributed by atoms with Crippen LogP contribution in [-0.2, 0) is 43.2 Å². The average Bonchev–Trinajstić information content (AvgIpc) is 2.98. The third kappa shape index (κ3) is 18.7. The zero-order valence-corrected chi connectivity index (χ0v) is 26.0. The highest BCUT2D eigenvalue weighted by molar-refractivity contribution is 5.96. The molecule has 0 aromatic carbocycles. The van der Waals surface area contributed by atoms with E-state index in [4.69, 9.17) is 26.8 Å². The van der Waals surface area contributed by atoms with E-state index < -0.39 is 129 Å². The molecule has 0 aromatic heterocycles. The highest BCUT2D eigenvalue weighted by Crippen LogP contribution is 2.08. The maximum atomic E-state index is 13.3. The van der Waals surface area contributed by atoms with Crippen molar-refractivity contribution in [2.75, 3.05) is 13.6 Å². The predicted octanol–water partition coefficient (Wildman–Crippen LogP) is -3.41. The molecule has 13 N–H and O–H groups in total. The number of hydrogen-bond donors (Lipinski definition) is 11. The minimum absolute atomic E-state index is 0.101. The summed E-state index contributed by atoms with van der Waals surface area (Å²) in [4.78, 5) is 109. The fourth-order valence-electron chi connectivity index (χ4n) is 4.15. The summed E-state index contributed by atoms with van der Waals surface area (Å²) in [6.07, 6.45) is -2.96. The van der Waals surface area contributed by atoms with Gasteiger partial charge in [-0.2, -0.15) is 0 Å². The second-order valence-electron chi connectivity index (χ2n) is 10.5. The van der Waals surface area contributed by atoms with Crippen molar-refractivity contribution in [2.45, 2.75) is 101 Å². The van der Waals surface area contributed by atoms with Gasteiger partial charge in [0.1, 0.15) is 24.2 Å². The van der Waals surface area contributed by atoms with Gasteiger partial charge in [0.25, 0.3) is 0 Å². The second-order valence-corrected chi connectivity index (χ2v) is 10.5. The van der Waals surface area contributed by atoms with Crippen LogP contribution in [-0.4, -0.2) is 118 Å². The van der Waals surface area contributed by atoms with Gasteiger partial charge in [-0.15, -0.1) is 0 Å². The Morgan fingerprint density at radius 2 is 0.787 bits per heavy atom. The summed E-state index contributed by atoms with van der Waals surface area (Å²) in [5.41, 5.74) is 10.8. The van der Waals surface area contributed by atoms with Gasteiger partial charge in [0.05, 0.1) is 6.04 Å². The number of nitrogens with two attached hydrogens (primary N) is 2. The van der Waals surface area contributed by atoms with Crippen molar-refractivity contribution in [1.82, 2.24) is 26.6 Å². The minimum Gasteiger partial charge on any atom is -0.481 e. The number of primary amides is 1. The van der Waals surface area contributed by atoms with Gasteiger partial charge in [-0.25, -0.2) is 0 Å². The lowest BCUT2D eigenvalue weighted by atomic mass is 10.0. The Labute approximate surface area is 269 Å². The largest absolute Gasteiger partial charge is 0.481 e. The summed E-state index contributed by atoms with van der Waals surface area (Å²) in [6, 6.07) is -7.10. The van der Waals surface area contributed by atoms with Crippen LogP contribution in [0, 0.1) is 0 Å². The van der Waals surface area contributed by atoms with Crippen LogP contribution in [0.1, 0.15) is 70.6 Å². The van der Waals surface area contributed by atoms with Crippen LogP contribution in [0.2, 0.25) is 0 Å². The molecule has 47 heavy (non-hydrogen) atoms. The van der Waals surface area contributed by atoms with Gasteiger partial charge in [0.2, 0.25) is 29.5 Å². The molecule has 0 spiro atoms. The normalized spacial score (nSPS) is 13.9. The van der Waals surface area contributed by atoms with Crippen molar-refractivity contribution in [3.05, 3.63) is 0 Å². The lowest BCUT2D eigenvalue weighted by Gasteiger charge is -2.26. The smallest absolute Gasteiger partial charge is 0.303 e. The molecule has 0 aromatic rings. The van der Waals surface area contributed by atoms with Crippen molar-refractivity contribution >= 4 is 53.4 Å². The first kappa shape index (κ1) is 42.1. The van der Waals surface area contributed by atoms with Gasteiger partial charge < -0.3 is 58.5 Å². The molecule has 20 heteroatoms. The number of rotatable bonds is 26. The highest BCUT2D eigenvalue weighted by atomic mass is 16.4. The summed E-state index contributed by atoms with van der Waals surface area (Å²) in [5.74, 6) is -10.2. The molecule has 0 bridgehead atoms. The van der Waals surface area contributed by atoms with E-state index in [2.05, 4.69) is 26.6 Å². The number of aliphatic carboxylic acids is 4. The molecule has 0 radical (unpaired) electrons. The predicted molar refractivity (Wildman–Crippen MR) is 160 cm³/mol. The van der Waals surface area contributed by atoms with E-state index in [9.17, 15) is 48.3 Å². The number of amides is 5. The molecule has 266 valence electrons. The standard InChI is InChI=1S/C27H45N7O13/c1-30-15(5-9-19(35)36)24(44)32-17(7-11-21(39)40)26(46)34-18(8-12-22(41)42)27(47)33-16(6-10-20(37)38)25(45)31-14(23(29)43)4-2-3-13-28/h14-18,30H,2-13,28H2,1H3,(H2,29,43)(H,31,45)(H,32,44)(H,33,47)(H,34,46)(H,35,36)(H,37,38)(H,39,40)(H,41,42)/t14-,15-,16-,17-,18-/m1/s1. The van der Waals surface area contributed by atoms with Crippen LogP contribution in [0.5, 0.6) is 0 Å². The van der Waals surface area contributed by atoms with Crippen LogP contribution in [0.25, 0.3) is 0 Å². The van der Waals surface area contributed by atoms with Crippen molar-refractivity contribution < 1.29 is 63.6 Å². The molecule has 0 fully saturated rings.